The predicted octanol–water partition coefficient (Wildman–Crippen LogP) is 8.20. The van der Waals surface area contributed by atoms with E-state index in [1.165, 1.54) is 26.5 Å². The molecule has 0 unspecified atom stereocenters. The summed E-state index contributed by atoms with van der Waals surface area (Å²) >= 11 is 1.78. The van der Waals surface area contributed by atoms with Crippen molar-refractivity contribution in [2.24, 2.45) is 0 Å². The maximum absolute atomic E-state index is 4.87. The quantitative estimate of drug-likeness (QED) is 0.173. The molecule has 8 aromatic rings. The number of imidazole rings is 1. The molecular formula is C34H21IrN5S-2. The van der Waals surface area contributed by atoms with Crippen LogP contribution in [0.4, 0.5) is 0 Å². The average molecular weight is 724 g/mol. The van der Waals surface area contributed by atoms with Crippen molar-refractivity contribution in [2.45, 2.75) is 0 Å². The first-order valence-electron chi connectivity index (χ1n) is 12.8. The van der Waals surface area contributed by atoms with Crippen LogP contribution in [-0.4, -0.2) is 24.5 Å². The third kappa shape index (κ3) is 5.19. The Morgan fingerprint density at radius 3 is 2.37 bits per heavy atom. The van der Waals surface area contributed by atoms with Crippen LogP contribution in [0, 0.1) is 12.1 Å². The molecule has 0 aliphatic heterocycles. The van der Waals surface area contributed by atoms with E-state index in [1.54, 1.807) is 17.5 Å². The Morgan fingerprint density at radius 1 is 0.707 bits per heavy atom. The minimum Gasteiger partial charge on any atom is -0.330 e. The molecule has 0 atom stereocenters. The topological polar surface area (TPSA) is 56.5 Å². The largest absolute Gasteiger partial charge is 0.330 e. The Balaban J connectivity index is 0.000000196. The fraction of sp³-hybridized carbons (Fsp3) is 0. The average Bonchev–Trinajstić information content (AvgIpc) is 3.62. The molecule has 199 valence electrons. The van der Waals surface area contributed by atoms with E-state index in [0.29, 0.717) is 5.65 Å². The molecule has 0 aliphatic rings. The van der Waals surface area contributed by atoms with Gasteiger partial charge < -0.3 is 9.55 Å². The normalized spacial score (nSPS) is 10.7. The van der Waals surface area contributed by atoms with Crippen LogP contribution in [0.3, 0.4) is 0 Å². The van der Waals surface area contributed by atoms with Crippen molar-refractivity contribution in [3.8, 4) is 28.3 Å². The number of hydrogen-bond acceptors (Lipinski definition) is 5. The number of para-hydroxylation sites is 1. The molecule has 5 nitrogen and oxygen atoms in total. The molecule has 7 heteroatoms. The van der Waals surface area contributed by atoms with Gasteiger partial charge in [0.15, 0.2) is 5.65 Å². The standard InChI is InChI=1S/C23H13N4S.C11H8N.Ir/c1-2-7-15(8-3-1)27-19-13-24-14-25-22(19)26-23(27)18-11-6-10-17-16-9-4-5-12-20(16)28-21(17)18;1-2-6-10(7-3-1)11-8-4-5-9-12-11;/h1-10,12-14H;1-6,8-9H;/q2*-1;. The fourth-order valence-electron chi connectivity index (χ4n) is 4.76. The number of aromatic nitrogens is 5. The number of fused-ring (bicyclic) bond motifs is 4. The van der Waals surface area contributed by atoms with Crippen LogP contribution >= 0.6 is 11.3 Å². The van der Waals surface area contributed by atoms with Crippen molar-refractivity contribution < 1.29 is 20.1 Å². The third-order valence-corrected chi connectivity index (χ3v) is 7.77. The zero-order valence-electron chi connectivity index (χ0n) is 21.6. The Hall–Kier alpha value is -4.55. The molecule has 0 N–H and O–H groups in total. The number of thiophene rings is 1. The zero-order chi connectivity index (χ0) is 26.7. The number of benzene rings is 4. The van der Waals surface area contributed by atoms with Crippen molar-refractivity contribution >= 4 is 42.7 Å². The van der Waals surface area contributed by atoms with Gasteiger partial charge in [0.1, 0.15) is 11.8 Å². The van der Waals surface area contributed by atoms with E-state index in [0.717, 1.165) is 33.8 Å². The summed E-state index contributed by atoms with van der Waals surface area (Å²) in [6, 6.07) is 43.1. The molecule has 0 amide bonds. The summed E-state index contributed by atoms with van der Waals surface area (Å²) in [4.78, 5) is 17.7. The van der Waals surface area contributed by atoms with Gasteiger partial charge in [-0.3, -0.25) is 4.98 Å². The van der Waals surface area contributed by atoms with E-state index < -0.39 is 0 Å². The second-order valence-corrected chi connectivity index (χ2v) is 10.1. The molecule has 0 saturated heterocycles. The molecule has 0 fully saturated rings. The zero-order valence-corrected chi connectivity index (χ0v) is 24.8. The van der Waals surface area contributed by atoms with Gasteiger partial charge in [0.2, 0.25) is 0 Å². The number of pyridine rings is 1. The van der Waals surface area contributed by atoms with Crippen LogP contribution in [0.25, 0.3) is 59.7 Å². The van der Waals surface area contributed by atoms with Gasteiger partial charge in [-0.25, -0.2) is 9.97 Å². The van der Waals surface area contributed by atoms with Gasteiger partial charge in [-0.05, 0) is 40.0 Å². The molecule has 0 aliphatic carbocycles. The van der Waals surface area contributed by atoms with Gasteiger partial charge in [0, 0.05) is 36.7 Å². The van der Waals surface area contributed by atoms with Crippen molar-refractivity contribution in [1.29, 1.82) is 0 Å². The first-order chi connectivity index (χ1) is 19.9. The van der Waals surface area contributed by atoms with Gasteiger partial charge in [-0.2, -0.15) is 11.3 Å². The van der Waals surface area contributed by atoms with E-state index in [2.05, 4.69) is 74.1 Å². The van der Waals surface area contributed by atoms with E-state index in [1.807, 2.05) is 72.9 Å². The number of rotatable bonds is 3. The molecule has 0 saturated carbocycles. The molecule has 4 aromatic carbocycles. The Kier molecular flexibility index (Phi) is 7.74. The summed E-state index contributed by atoms with van der Waals surface area (Å²) in [5, 5.41) is 2.49. The van der Waals surface area contributed by atoms with Crippen LogP contribution in [0.15, 0.2) is 128 Å². The number of hydrogen-bond donors (Lipinski definition) is 0. The van der Waals surface area contributed by atoms with E-state index in [9.17, 15) is 0 Å². The van der Waals surface area contributed by atoms with Gasteiger partial charge in [-0.1, -0.05) is 59.5 Å². The minimum atomic E-state index is 0. The van der Waals surface area contributed by atoms with Gasteiger partial charge >= 0.3 is 0 Å². The molecule has 41 heavy (non-hydrogen) atoms. The molecule has 4 aromatic heterocycles. The van der Waals surface area contributed by atoms with E-state index >= 15 is 0 Å². The predicted molar refractivity (Wildman–Crippen MR) is 162 cm³/mol. The summed E-state index contributed by atoms with van der Waals surface area (Å²) in [7, 11) is 0. The van der Waals surface area contributed by atoms with Crippen molar-refractivity contribution in [1.82, 2.24) is 24.5 Å². The van der Waals surface area contributed by atoms with Crippen molar-refractivity contribution in [3.05, 3.63) is 140 Å². The maximum atomic E-state index is 4.87. The first kappa shape index (κ1) is 26.7. The molecule has 4 heterocycles. The summed E-state index contributed by atoms with van der Waals surface area (Å²) < 4.78 is 4.56. The SMILES string of the molecule is [Ir].[c-]1ccc2c(sc3ccccc32)c1-c1nc2ncncc2n1-c1ccccc1.[c-]1ccccc1-c1ccccn1. The monoisotopic (exact) mass is 724 g/mol. The molecule has 1 radical (unpaired) electrons. The van der Waals surface area contributed by atoms with E-state index in [-0.39, 0.29) is 20.1 Å². The van der Waals surface area contributed by atoms with Crippen LogP contribution in [0.1, 0.15) is 0 Å². The maximum Gasteiger partial charge on any atom is 0.171 e. The summed E-state index contributed by atoms with van der Waals surface area (Å²) in [5.74, 6) is 0.832. The fourth-order valence-corrected chi connectivity index (χ4v) is 5.96. The molecule has 0 bridgehead atoms. The van der Waals surface area contributed by atoms with Gasteiger partial charge in [0.25, 0.3) is 0 Å². The summed E-state index contributed by atoms with van der Waals surface area (Å²) in [6.07, 6.45) is 5.14. The van der Waals surface area contributed by atoms with E-state index in [4.69, 9.17) is 4.98 Å². The van der Waals surface area contributed by atoms with Crippen LogP contribution < -0.4 is 0 Å². The summed E-state index contributed by atoms with van der Waals surface area (Å²) in [5.41, 5.74) is 5.59. The van der Waals surface area contributed by atoms with Crippen molar-refractivity contribution in [2.75, 3.05) is 0 Å². The molecular weight excluding hydrogens is 703 g/mol. The Morgan fingerprint density at radius 2 is 1.54 bits per heavy atom. The smallest absolute Gasteiger partial charge is 0.171 e. The van der Waals surface area contributed by atoms with Crippen LogP contribution in [0.5, 0.6) is 0 Å². The Bertz CT molecular complexity index is 2020. The molecule has 0 spiro atoms. The van der Waals surface area contributed by atoms with Crippen LogP contribution in [-0.2, 0) is 20.1 Å². The number of nitrogens with zero attached hydrogens (tertiary/aromatic N) is 5. The first-order valence-corrected chi connectivity index (χ1v) is 13.6. The van der Waals surface area contributed by atoms with Gasteiger partial charge in [-0.15, -0.1) is 54.1 Å². The second-order valence-electron chi connectivity index (χ2n) is 9.02. The third-order valence-electron chi connectivity index (χ3n) is 6.56. The molecule has 8 rings (SSSR count). The van der Waals surface area contributed by atoms with Crippen molar-refractivity contribution in [3.63, 3.8) is 0 Å². The Labute approximate surface area is 254 Å². The van der Waals surface area contributed by atoms with Crippen LogP contribution in [0.2, 0.25) is 0 Å². The second kappa shape index (κ2) is 11.9. The minimum absolute atomic E-state index is 0. The van der Waals surface area contributed by atoms with Gasteiger partial charge in [0.05, 0.1) is 12.0 Å². The summed E-state index contributed by atoms with van der Waals surface area (Å²) in [6.45, 7) is 0.